The van der Waals surface area contributed by atoms with Crippen LogP contribution in [0.3, 0.4) is 0 Å². The summed E-state index contributed by atoms with van der Waals surface area (Å²) < 4.78 is 13.6. The smallest absolute Gasteiger partial charge is 0.315 e. The van der Waals surface area contributed by atoms with Crippen LogP contribution in [-0.2, 0) is 22.6 Å². The molecule has 6 fully saturated rings. The second-order valence-electron chi connectivity index (χ2n) is 16.7. The highest BCUT2D eigenvalue weighted by atomic mass is 16.7. The van der Waals surface area contributed by atoms with Crippen LogP contribution in [0.2, 0.25) is 0 Å². The molecular formula is C44H57N3O4. The molecule has 0 aromatic heterocycles. The normalized spacial score (nSPS) is 32.2. The van der Waals surface area contributed by atoms with Crippen molar-refractivity contribution in [1.29, 1.82) is 0 Å². The highest BCUT2D eigenvalue weighted by Crippen LogP contribution is 2.55. The molecule has 9 rings (SSSR count). The predicted molar refractivity (Wildman–Crippen MR) is 201 cm³/mol. The van der Waals surface area contributed by atoms with Crippen LogP contribution in [-0.4, -0.2) is 47.3 Å². The molecule has 2 amide bonds. The maximum Gasteiger partial charge on any atom is 0.315 e. The van der Waals surface area contributed by atoms with E-state index >= 15 is 0 Å². The Balaban J connectivity index is 0.934. The fourth-order valence-corrected chi connectivity index (χ4v) is 10.5. The van der Waals surface area contributed by atoms with Crippen LogP contribution in [0.1, 0.15) is 112 Å². The highest BCUT2D eigenvalue weighted by molar-refractivity contribution is 5.75. The molecule has 0 radical (unpaired) electrons. The van der Waals surface area contributed by atoms with E-state index < -0.39 is 6.29 Å². The quantitative estimate of drug-likeness (QED) is 0.209. The zero-order valence-corrected chi connectivity index (χ0v) is 30.4. The Morgan fingerprint density at radius 1 is 0.784 bits per heavy atom. The predicted octanol–water partition coefficient (Wildman–Crippen LogP) is 8.67. The molecule has 6 aliphatic rings. The molecule has 4 bridgehead atoms. The number of nitrogens with one attached hydrogen (secondary N) is 2. The van der Waals surface area contributed by atoms with Gasteiger partial charge in [-0.25, -0.2) is 4.79 Å². The third kappa shape index (κ3) is 8.07. The lowest BCUT2D eigenvalue weighted by molar-refractivity contribution is -0.276. The molecule has 2 saturated heterocycles. The molecule has 0 spiro atoms. The number of likely N-dealkylation sites (tertiary alicyclic amines) is 1. The van der Waals surface area contributed by atoms with Gasteiger partial charge in [0.2, 0.25) is 0 Å². The molecule has 2 aliphatic heterocycles. The van der Waals surface area contributed by atoms with Gasteiger partial charge >= 0.3 is 6.03 Å². The molecule has 3 aromatic carbocycles. The average molecular weight is 692 g/mol. The van der Waals surface area contributed by atoms with Crippen LogP contribution < -0.4 is 10.6 Å². The van der Waals surface area contributed by atoms with Crippen molar-refractivity contribution < 1.29 is 19.4 Å². The first-order valence-electron chi connectivity index (χ1n) is 19.9. The number of carbonyl (C=O) groups is 1. The number of aliphatic hydroxyl groups is 1. The monoisotopic (exact) mass is 691 g/mol. The molecular weight excluding hydrogens is 635 g/mol. The van der Waals surface area contributed by atoms with Crippen molar-refractivity contribution in [3.63, 3.8) is 0 Å². The Labute approximate surface area is 304 Å². The number of amides is 2. The first kappa shape index (κ1) is 34.8. The number of ether oxygens (including phenoxy) is 2. The van der Waals surface area contributed by atoms with Gasteiger partial charge in [-0.15, -0.1) is 0 Å². The van der Waals surface area contributed by atoms with Gasteiger partial charge in [-0.05, 0) is 116 Å². The van der Waals surface area contributed by atoms with E-state index in [4.69, 9.17) is 9.47 Å². The number of hydrogen-bond donors (Lipinski definition) is 3. The minimum Gasteiger partial charge on any atom is -0.392 e. The Hall–Kier alpha value is -3.23. The molecule has 3 aromatic rings. The molecule has 4 aliphatic carbocycles. The van der Waals surface area contributed by atoms with Gasteiger partial charge in [0.25, 0.3) is 0 Å². The minimum absolute atomic E-state index is 0.0170. The molecule has 7 nitrogen and oxygen atoms in total. The molecule has 3 N–H and O–H groups in total. The largest absolute Gasteiger partial charge is 0.392 e. The summed E-state index contributed by atoms with van der Waals surface area (Å²) in [5.41, 5.74) is 6.40. The lowest BCUT2D eigenvalue weighted by Gasteiger charge is -2.56. The lowest BCUT2D eigenvalue weighted by atomic mass is 9.53. The van der Waals surface area contributed by atoms with Gasteiger partial charge in [0.15, 0.2) is 6.29 Å². The van der Waals surface area contributed by atoms with Crippen molar-refractivity contribution in [1.82, 2.24) is 15.5 Å². The van der Waals surface area contributed by atoms with Gasteiger partial charge in [-0.2, -0.15) is 0 Å². The third-order valence-corrected chi connectivity index (χ3v) is 12.8. The Morgan fingerprint density at radius 2 is 1.43 bits per heavy atom. The third-order valence-electron chi connectivity index (χ3n) is 12.8. The molecule has 4 atom stereocenters. The average Bonchev–Trinajstić information content (AvgIpc) is 3.12. The van der Waals surface area contributed by atoms with Crippen molar-refractivity contribution in [2.24, 2.45) is 23.7 Å². The number of hydrogen-bond acceptors (Lipinski definition) is 5. The number of benzene rings is 3. The second-order valence-corrected chi connectivity index (χ2v) is 16.7. The van der Waals surface area contributed by atoms with E-state index in [0.29, 0.717) is 6.54 Å². The van der Waals surface area contributed by atoms with Gasteiger partial charge < -0.3 is 30.1 Å². The van der Waals surface area contributed by atoms with Crippen LogP contribution in [0, 0.1) is 23.7 Å². The summed E-state index contributed by atoms with van der Waals surface area (Å²) in [5.74, 6) is 2.60. The summed E-state index contributed by atoms with van der Waals surface area (Å²) in [6.45, 7) is 5.96. The Morgan fingerprint density at radius 3 is 2.10 bits per heavy atom. The van der Waals surface area contributed by atoms with Crippen molar-refractivity contribution in [3.8, 4) is 11.1 Å². The van der Waals surface area contributed by atoms with Gasteiger partial charge in [0, 0.05) is 30.1 Å². The topological polar surface area (TPSA) is 83.1 Å². The van der Waals surface area contributed by atoms with E-state index in [2.05, 4.69) is 83.1 Å². The van der Waals surface area contributed by atoms with Crippen molar-refractivity contribution >= 4 is 6.03 Å². The van der Waals surface area contributed by atoms with Crippen LogP contribution >= 0.6 is 0 Å². The summed E-state index contributed by atoms with van der Waals surface area (Å²) in [4.78, 5) is 15.7. The zero-order valence-electron chi connectivity index (χ0n) is 30.4. The highest BCUT2D eigenvalue weighted by Gasteiger charge is 2.51. The maximum absolute atomic E-state index is 13.1. The van der Waals surface area contributed by atoms with Gasteiger partial charge in [-0.1, -0.05) is 92.9 Å². The zero-order chi connectivity index (χ0) is 34.8. The van der Waals surface area contributed by atoms with Crippen LogP contribution in [0.5, 0.6) is 0 Å². The second kappa shape index (κ2) is 15.4. The lowest BCUT2D eigenvalue weighted by Crippen LogP contribution is -2.61. The van der Waals surface area contributed by atoms with E-state index in [0.717, 1.165) is 90.0 Å². The molecule has 4 unspecified atom stereocenters. The minimum atomic E-state index is -0.472. The fraction of sp³-hybridized carbons (Fsp3) is 0.568. The van der Waals surface area contributed by atoms with Gasteiger partial charge in [-0.3, -0.25) is 0 Å². The van der Waals surface area contributed by atoms with Gasteiger partial charge in [0.05, 0.1) is 18.8 Å². The van der Waals surface area contributed by atoms with E-state index in [1.807, 2.05) is 12.1 Å². The molecule has 51 heavy (non-hydrogen) atoms. The summed E-state index contributed by atoms with van der Waals surface area (Å²) in [5, 5.41) is 16.2. The number of aliphatic hydroxyl groups excluding tert-OH is 1. The first-order valence-corrected chi connectivity index (χ1v) is 19.9. The molecule has 4 saturated carbocycles. The van der Waals surface area contributed by atoms with E-state index in [9.17, 15) is 9.90 Å². The summed E-state index contributed by atoms with van der Waals surface area (Å²) >= 11 is 0. The molecule has 2 heterocycles. The van der Waals surface area contributed by atoms with Crippen molar-refractivity contribution in [2.45, 2.75) is 115 Å². The molecule has 272 valence electrons. The SMILES string of the molecule is CC1C(CN2CCCCCCC2)OC(c2ccc(-c3cccc(CNC(=O)NC45CC6CC(CC(C6)C4)C5)c3)cc2)OC1c1ccc(CO)cc1. The van der Waals surface area contributed by atoms with Crippen molar-refractivity contribution in [3.05, 3.63) is 95.1 Å². The summed E-state index contributed by atoms with van der Waals surface area (Å²) in [6.07, 6.45) is 13.5. The number of urea groups is 1. The Bertz CT molecular complexity index is 1580. The Kier molecular flexibility index (Phi) is 10.5. The maximum atomic E-state index is 13.1. The van der Waals surface area contributed by atoms with Gasteiger partial charge in [0.1, 0.15) is 0 Å². The van der Waals surface area contributed by atoms with E-state index in [-0.39, 0.29) is 36.3 Å². The standard InChI is InChI=1S/C44H57N3O4/c1-30-40(28-47-18-5-3-2-4-6-19-47)50-42(51-41(30)37-12-10-31(29-48)11-13-37)38-16-14-36(15-17-38)39-9-7-8-32(23-39)27-45-43(49)46-44-24-33-20-34(25-44)22-35(21-33)26-44/h7-17,23,30,33-35,40-42,48H,2-6,18-22,24-29H2,1H3,(H2,45,46,49). The first-order chi connectivity index (χ1) is 24.9. The van der Waals surface area contributed by atoms with Crippen LogP contribution in [0.4, 0.5) is 4.79 Å². The van der Waals surface area contributed by atoms with E-state index in [1.165, 1.54) is 51.4 Å². The molecule has 7 heteroatoms. The fourth-order valence-electron chi connectivity index (χ4n) is 10.5. The van der Waals surface area contributed by atoms with Crippen molar-refractivity contribution in [2.75, 3.05) is 19.6 Å². The number of carbonyl (C=O) groups excluding carboxylic acids is 1. The number of nitrogens with zero attached hydrogens (tertiary/aromatic N) is 1. The summed E-state index contributed by atoms with van der Waals surface area (Å²) in [6, 6.07) is 25.2. The number of rotatable bonds is 9. The summed E-state index contributed by atoms with van der Waals surface area (Å²) in [7, 11) is 0. The van der Waals surface area contributed by atoms with Crippen LogP contribution in [0.25, 0.3) is 11.1 Å². The van der Waals surface area contributed by atoms with Crippen LogP contribution in [0.15, 0.2) is 72.8 Å². The van der Waals surface area contributed by atoms with E-state index in [1.54, 1.807) is 0 Å².